The van der Waals surface area contributed by atoms with Crippen LogP contribution in [0, 0.1) is 10.1 Å². The summed E-state index contributed by atoms with van der Waals surface area (Å²) < 4.78 is 5.46. The van der Waals surface area contributed by atoms with Crippen molar-refractivity contribution < 1.29 is 9.66 Å². The number of halogens is 1. The highest BCUT2D eigenvalue weighted by Crippen LogP contribution is 2.39. The van der Waals surface area contributed by atoms with Crippen LogP contribution in [-0.2, 0) is 0 Å². The van der Waals surface area contributed by atoms with E-state index >= 15 is 0 Å². The molecule has 1 heterocycles. The first-order chi connectivity index (χ1) is 7.20. The highest BCUT2D eigenvalue weighted by atomic mass is 79.9. The minimum Gasteiger partial charge on any atom is -0.491 e. The van der Waals surface area contributed by atoms with Gasteiger partial charge >= 0.3 is 0 Å². The molecule has 0 aliphatic carbocycles. The second kappa shape index (κ2) is 4.40. The summed E-state index contributed by atoms with van der Waals surface area (Å²) >= 11 is 5.07. The molecule has 4 nitrogen and oxygen atoms in total. The number of nitro groups is 1. The highest BCUT2D eigenvalue weighted by molar-refractivity contribution is 9.09. The molecule has 2 rings (SSSR count). The van der Waals surface area contributed by atoms with Crippen molar-refractivity contribution in [3.63, 3.8) is 0 Å². The number of fused-ring (bicyclic) bond motifs is 1. The molecule has 0 saturated heterocycles. The van der Waals surface area contributed by atoms with Crippen molar-refractivity contribution in [2.75, 3.05) is 11.9 Å². The summed E-state index contributed by atoms with van der Waals surface area (Å²) in [5, 5.41) is 11.8. The second-order valence-corrected chi connectivity index (χ2v) is 5.08. The zero-order chi connectivity index (χ0) is 10.8. The average molecular weight is 290 g/mol. The molecule has 0 bridgehead atoms. The molecule has 1 unspecified atom stereocenters. The summed E-state index contributed by atoms with van der Waals surface area (Å²) in [6, 6.07) is 4.73. The molecule has 1 aromatic rings. The van der Waals surface area contributed by atoms with E-state index in [0.29, 0.717) is 17.6 Å². The van der Waals surface area contributed by atoms with Crippen LogP contribution in [0.2, 0.25) is 0 Å². The lowest BCUT2D eigenvalue weighted by Crippen LogP contribution is -2.20. The summed E-state index contributed by atoms with van der Waals surface area (Å²) in [5.74, 6) is 0.617. The van der Waals surface area contributed by atoms with Crippen molar-refractivity contribution in [1.82, 2.24) is 0 Å². The first-order valence-electron chi connectivity index (χ1n) is 4.34. The van der Waals surface area contributed by atoms with E-state index in [0.717, 1.165) is 10.2 Å². The molecule has 6 heteroatoms. The number of ether oxygens (including phenoxy) is 1. The van der Waals surface area contributed by atoms with E-state index < -0.39 is 4.92 Å². The fraction of sp³-hybridized carbons (Fsp3) is 0.333. The third-order valence-electron chi connectivity index (χ3n) is 2.03. The Morgan fingerprint density at radius 2 is 2.47 bits per heavy atom. The van der Waals surface area contributed by atoms with Crippen LogP contribution in [0.15, 0.2) is 23.1 Å². The molecule has 1 aliphatic rings. The maximum Gasteiger partial charge on any atom is 0.273 e. The van der Waals surface area contributed by atoms with Gasteiger partial charge in [0.25, 0.3) is 5.69 Å². The SMILES string of the molecule is O=[N+]([O-])c1ccc2c(c1)OCC(CBr)S2. The normalized spacial score (nSPS) is 19.1. The van der Waals surface area contributed by atoms with Gasteiger partial charge < -0.3 is 4.74 Å². The Hall–Kier alpha value is -0.750. The Bertz CT molecular complexity index is 399. The molecule has 15 heavy (non-hydrogen) atoms. The fourth-order valence-electron chi connectivity index (χ4n) is 1.29. The van der Waals surface area contributed by atoms with Crippen LogP contribution in [0.25, 0.3) is 0 Å². The Morgan fingerprint density at radius 1 is 1.67 bits per heavy atom. The van der Waals surface area contributed by atoms with Gasteiger partial charge in [0.15, 0.2) is 0 Å². The Balaban J connectivity index is 2.28. The molecule has 80 valence electrons. The van der Waals surface area contributed by atoms with Crippen molar-refractivity contribution >= 4 is 33.4 Å². The zero-order valence-corrected chi connectivity index (χ0v) is 10.1. The Labute approximate surface area is 99.3 Å². The molecular weight excluding hydrogens is 282 g/mol. The molecule has 0 fully saturated rings. The number of hydrogen-bond acceptors (Lipinski definition) is 4. The summed E-state index contributed by atoms with van der Waals surface area (Å²) in [6.07, 6.45) is 0. The summed E-state index contributed by atoms with van der Waals surface area (Å²) in [7, 11) is 0. The van der Waals surface area contributed by atoms with Crippen molar-refractivity contribution in [2.45, 2.75) is 10.1 Å². The number of hydrogen-bond donors (Lipinski definition) is 0. The van der Waals surface area contributed by atoms with Gasteiger partial charge in [0.1, 0.15) is 12.4 Å². The predicted octanol–water partition coefficient (Wildman–Crippen LogP) is 2.84. The molecule has 0 aromatic heterocycles. The van der Waals surface area contributed by atoms with E-state index in [9.17, 15) is 10.1 Å². The Morgan fingerprint density at radius 3 is 3.13 bits per heavy atom. The third kappa shape index (κ3) is 2.26. The number of alkyl halides is 1. The molecule has 1 aliphatic heterocycles. The lowest BCUT2D eigenvalue weighted by Gasteiger charge is -2.22. The van der Waals surface area contributed by atoms with Crippen LogP contribution in [0.3, 0.4) is 0 Å². The van der Waals surface area contributed by atoms with E-state index in [1.807, 2.05) is 0 Å². The molecule has 0 radical (unpaired) electrons. The number of benzene rings is 1. The molecule has 0 saturated carbocycles. The molecule has 0 spiro atoms. The first-order valence-corrected chi connectivity index (χ1v) is 6.34. The minimum absolute atomic E-state index is 0.0756. The summed E-state index contributed by atoms with van der Waals surface area (Å²) in [6.45, 7) is 0.587. The van der Waals surface area contributed by atoms with Gasteiger partial charge in [-0.1, -0.05) is 15.9 Å². The first kappa shape index (κ1) is 10.8. The second-order valence-electron chi connectivity index (χ2n) is 3.09. The largest absolute Gasteiger partial charge is 0.491 e. The molecule has 0 amide bonds. The van der Waals surface area contributed by atoms with Gasteiger partial charge in [-0.3, -0.25) is 10.1 Å². The van der Waals surface area contributed by atoms with E-state index in [4.69, 9.17) is 4.74 Å². The predicted molar refractivity (Wildman–Crippen MR) is 62.0 cm³/mol. The van der Waals surface area contributed by atoms with E-state index in [-0.39, 0.29) is 5.69 Å². The van der Waals surface area contributed by atoms with Crippen molar-refractivity contribution in [1.29, 1.82) is 0 Å². The number of nitro benzene ring substituents is 1. The molecule has 0 N–H and O–H groups in total. The smallest absolute Gasteiger partial charge is 0.273 e. The van der Waals surface area contributed by atoms with E-state index in [2.05, 4.69) is 15.9 Å². The summed E-state index contributed by atoms with van der Waals surface area (Å²) in [5.41, 5.74) is 0.0756. The van der Waals surface area contributed by atoms with Crippen LogP contribution >= 0.6 is 27.7 Å². The minimum atomic E-state index is -0.412. The number of rotatable bonds is 2. The van der Waals surface area contributed by atoms with Crippen LogP contribution in [0.4, 0.5) is 5.69 Å². The quantitative estimate of drug-likeness (QED) is 0.477. The van der Waals surface area contributed by atoms with Gasteiger partial charge in [-0.2, -0.15) is 0 Å². The van der Waals surface area contributed by atoms with Crippen LogP contribution < -0.4 is 4.74 Å². The van der Waals surface area contributed by atoms with Crippen LogP contribution in [0.5, 0.6) is 5.75 Å². The van der Waals surface area contributed by atoms with Gasteiger partial charge in [0.2, 0.25) is 0 Å². The lowest BCUT2D eigenvalue weighted by atomic mass is 10.3. The standard InChI is InChI=1S/C9H8BrNO3S/c10-4-7-5-14-8-3-6(11(12)13)1-2-9(8)15-7/h1-3,7H,4-5H2. The lowest BCUT2D eigenvalue weighted by molar-refractivity contribution is -0.385. The summed E-state index contributed by atoms with van der Waals surface area (Å²) in [4.78, 5) is 11.1. The maximum absolute atomic E-state index is 10.5. The van der Waals surface area contributed by atoms with Gasteiger partial charge in [-0.15, -0.1) is 11.8 Å². The van der Waals surface area contributed by atoms with Crippen LogP contribution in [-0.4, -0.2) is 22.1 Å². The van der Waals surface area contributed by atoms with Crippen molar-refractivity contribution in [3.05, 3.63) is 28.3 Å². The molecule has 1 aromatic carbocycles. The van der Waals surface area contributed by atoms with Gasteiger partial charge in [-0.05, 0) is 6.07 Å². The molecule has 1 atom stereocenters. The number of nitrogens with zero attached hydrogens (tertiary/aromatic N) is 1. The number of thioether (sulfide) groups is 1. The van der Waals surface area contributed by atoms with Crippen molar-refractivity contribution in [2.24, 2.45) is 0 Å². The zero-order valence-electron chi connectivity index (χ0n) is 7.68. The third-order valence-corrected chi connectivity index (χ3v) is 4.47. The fourth-order valence-corrected chi connectivity index (χ4v) is 2.82. The molecular formula is C9H8BrNO3S. The highest BCUT2D eigenvalue weighted by Gasteiger charge is 2.21. The van der Waals surface area contributed by atoms with Gasteiger partial charge in [0.05, 0.1) is 21.1 Å². The van der Waals surface area contributed by atoms with E-state index in [1.165, 1.54) is 12.1 Å². The van der Waals surface area contributed by atoms with Gasteiger partial charge in [0, 0.05) is 11.4 Å². The van der Waals surface area contributed by atoms with Crippen molar-refractivity contribution in [3.8, 4) is 5.75 Å². The monoisotopic (exact) mass is 289 g/mol. The topological polar surface area (TPSA) is 52.4 Å². The van der Waals surface area contributed by atoms with Gasteiger partial charge in [-0.25, -0.2) is 0 Å². The maximum atomic E-state index is 10.5. The van der Waals surface area contributed by atoms with Crippen LogP contribution in [0.1, 0.15) is 0 Å². The number of non-ortho nitro benzene ring substituents is 1. The average Bonchev–Trinajstić information content (AvgIpc) is 2.27. The van der Waals surface area contributed by atoms with E-state index in [1.54, 1.807) is 17.8 Å². The Kier molecular flexibility index (Phi) is 3.16.